The summed E-state index contributed by atoms with van der Waals surface area (Å²) in [6.45, 7) is 2.16. The molecule has 0 saturated heterocycles. The number of hydrazone groups is 1. The second kappa shape index (κ2) is 9.03. The van der Waals surface area contributed by atoms with E-state index in [0.717, 1.165) is 5.56 Å². The first-order chi connectivity index (χ1) is 16.9. The van der Waals surface area contributed by atoms with Crippen LogP contribution in [-0.2, 0) is 4.79 Å². The molecule has 0 spiro atoms. The van der Waals surface area contributed by atoms with Crippen molar-refractivity contribution in [1.29, 1.82) is 5.41 Å². The molecule has 0 bridgehead atoms. The molecule has 1 amide bonds. The zero-order valence-corrected chi connectivity index (χ0v) is 19.2. The number of aromatic nitrogens is 1. The smallest absolute Gasteiger partial charge is 0.283 e. The molecular formula is C24H18N6O4S. The third-order valence-electron chi connectivity index (χ3n) is 5.26. The standard InChI is InChI=1S/C24H18N6O4S/c1-15-4-2-6-19(12-15)34-14-21-27-29-22(25)20(23(31)26-24(29)35-21)13-18-5-3-11-28(18)16-7-9-17(10-8-16)30(32)33/h2-13,25H,14H2,1H3/b20-13-,25-22?. The molecule has 1 N–H and O–H groups in total. The van der Waals surface area contributed by atoms with Crippen LogP contribution in [0.5, 0.6) is 5.75 Å². The molecular weight excluding hydrogens is 468 g/mol. The van der Waals surface area contributed by atoms with E-state index in [1.165, 1.54) is 28.9 Å². The van der Waals surface area contributed by atoms with Gasteiger partial charge in [-0.2, -0.15) is 15.1 Å². The van der Waals surface area contributed by atoms with Crippen molar-refractivity contribution in [2.75, 3.05) is 6.61 Å². The SMILES string of the molecule is Cc1cccc(OCC2=NN3C(=N)/C(=C/c4cccn4-c4ccc([N+](=O)[O-])cc4)C(=O)N=C3S2)c1. The number of aryl methyl sites for hydroxylation is 1. The van der Waals surface area contributed by atoms with Crippen LogP contribution in [0.2, 0.25) is 0 Å². The molecule has 0 fully saturated rings. The number of nitro benzene ring substituents is 1. The quantitative estimate of drug-likeness (QED) is 0.313. The lowest BCUT2D eigenvalue weighted by Gasteiger charge is -2.20. The second-order valence-electron chi connectivity index (χ2n) is 7.70. The van der Waals surface area contributed by atoms with Gasteiger partial charge in [0.25, 0.3) is 11.6 Å². The Balaban J connectivity index is 1.37. The predicted molar refractivity (Wildman–Crippen MR) is 134 cm³/mol. The number of carbonyl (C=O) groups excluding carboxylic acids is 1. The number of amidine groups is 2. The van der Waals surface area contributed by atoms with E-state index < -0.39 is 10.8 Å². The van der Waals surface area contributed by atoms with Gasteiger partial charge in [-0.15, -0.1) is 0 Å². The summed E-state index contributed by atoms with van der Waals surface area (Å²) in [5.74, 6) is 0.0783. The molecule has 35 heavy (non-hydrogen) atoms. The van der Waals surface area contributed by atoms with Crippen molar-refractivity contribution >= 4 is 45.5 Å². The highest BCUT2D eigenvalue weighted by Gasteiger charge is 2.36. The molecule has 10 nitrogen and oxygen atoms in total. The maximum atomic E-state index is 12.8. The third-order valence-corrected chi connectivity index (χ3v) is 6.14. The largest absolute Gasteiger partial charge is 0.487 e. The van der Waals surface area contributed by atoms with Crippen LogP contribution in [0.4, 0.5) is 5.69 Å². The van der Waals surface area contributed by atoms with Gasteiger partial charge in [-0.1, -0.05) is 12.1 Å². The van der Waals surface area contributed by atoms with Crippen LogP contribution in [0.15, 0.2) is 82.5 Å². The summed E-state index contributed by atoms with van der Waals surface area (Å²) in [6.07, 6.45) is 3.33. The van der Waals surface area contributed by atoms with E-state index in [2.05, 4.69) is 10.1 Å². The highest BCUT2D eigenvalue weighted by Crippen LogP contribution is 2.29. The average molecular weight is 487 g/mol. The van der Waals surface area contributed by atoms with Crippen molar-refractivity contribution in [1.82, 2.24) is 9.58 Å². The van der Waals surface area contributed by atoms with Gasteiger partial charge in [0, 0.05) is 29.7 Å². The van der Waals surface area contributed by atoms with E-state index in [-0.39, 0.29) is 23.7 Å². The Bertz CT molecular complexity index is 1450. The van der Waals surface area contributed by atoms with Crippen LogP contribution in [0.25, 0.3) is 11.8 Å². The number of nitrogens with zero attached hydrogens (tertiary/aromatic N) is 5. The van der Waals surface area contributed by atoms with Gasteiger partial charge >= 0.3 is 0 Å². The van der Waals surface area contributed by atoms with Crippen molar-refractivity contribution in [3.63, 3.8) is 0 Å². The molecule has 11 heteroatoms. The number of fused-ring (bicyclic) bond motifs is 1. The van der Waals surface area contributed by atoms with Crippen molar-refractivity contribution in [3.8, 4) is 11.4 Å². The lowest BCUT2D eigenvalue weighted by atomic mass is 10.1. The monoisotopic (exact) mass is 486 g/mol. The van der Waals surface area contributed by atoms with Gasteiger partial charge in [0.1, 0.15) is 17.4 Å². The lowest BCUT2D eigenvalue weighted by molar-refractivity contribution is -0.384. The summed E-state index contributed by atoms with van der Waals surface area (Å²) >= 11 is 1.19. The van der Waals surface area contributed by atoms with Gasteiger partial charge < -0.3 is 9.30 Å². The number of nitro groups is 1. The number of non-ortho nitro benzene ring substituents is 1. The maximum Gasteiger partial charge on any atom is 0.283 e. The summed E-state index contributed by atoms with van der Waals surface area (Å²) in [6, 6.07) is 17.3. The van der Waals surface area contributed by atoms with Gasteiger partial charge in [-0.3, -0.25) is 20.3 Å². The fourth-order valence-corrected chi connectivity index (χ4v) is 4.37. The molecule has 0 unspecified atom stereocenters. The van der Waals surface area contributed by atoms with Crippen LogP contribution < -0.4 is 4.74 Å². The van der Waals surface area contributed by atoms with E-state index in [9.17, 15) is 14.9 Å². The molecule has 3 heterocycles. The first kappa shape index (κ1) is 22.3. The first-order valence-electron chi connectivity index (χ1n) is 10.5. The molecule has 2 aliphatic heterocycles. The molecule has 174 valence electrons. The second-order valence-corrected chi connectivity index (χ2v) is 8.74. The molecule has 0 saturated carbocycles. The minimum Gasteiger partial charge on any atom is -0.487 e. The number of amides is 1. The van der Waals surface area contributed by atoms with E-state index in [4.69, 9.17) is 10.1 Å². The number of rotatable bonds is 6. The zero-order chi connectivity index (χ0) is 24.5. The molecule has 0 atom stereocenters. The number of nitrogens with one attached hydrogen (secondary N) is 1. The van der Waals surface area contributed by atoms with E-state index >= 15 is 0 Å². The zero-order valence-electron chi connectivity index (χ0n) is 18.4. The van der Waals surface area contributed by atoms with E-state index in [1.54, 1.807) is 41.1 Å². The summed E-state index contributed by atoms with van der Waals surface area (Å²) in [5.41, 5.74) is 2.44. The summed E-state index contributed by atoms with van der Waals surface area (Å²) in [7, 11) is 0. The number of benzene rings is 2. The molecule has 2 aromatic carbocycles. The number of ether oxygens (including phenoxy) is 1. The van der Waals surface area contributed by atoms with Crippen LogP contribution in [0.3, 0.4) is 0 Å². The number of aliphatic imine (C=N–C) groups is 1. The highest BCUT2D eigenvalue weighted by molar-refractivity contribution is 8.27. The minimum absolute atomic E-state index is 0.0153. The molecule has 0 radical (unpaired) electrons. The van der Waals surface area contributed by atoms with Crippen molar-refractivity contribution in [2.24, 2.45) is 10.1 Å². The van der Waals surface area contributed by atoms with Crippen molar-refractivity contribution in [2.45, 2.75) is 6.92 Å². The Hall–Kier alpha value is -4.51. The minimum atomic E-state index is -0.541. The Morgan fingerprint density at radius 1 is 1.17 bits per heavy atom. The predicted octanol–water partition coefficient (Wildman–Crippen LogP) is 4.39. The average Bonchev–Trinajstić information content (AvgIpc) is 3.47. The summed E-state index contributed by atoms with van der Waals surface area (Å²) in [5, 5.41) is 26.2. The summed E-state index contributed by atoms with van der Waals surface area (Å²) < 4.78 is 7.55. The Morgan fingerprint density at radius 3 is 2.71 bits per heavy atom. The van der Waals surface area contributed by atoms with Crippen LogP contribution in [0, 0.1) is 22.4 Å². The van der Waals surface area contributed by atoms with Crippen molar-refractivity contribution in [3.05, 3.63) is 93.8 Å². The van der Waals surface area contributed by atoms with Gasteiger partial charge in [0.15, 0.2) is 5.84 Å². The third kappa shape index (κ3) is 4.49. The van der Waals surface area contributed by atoms with E-state index in [1.807, 2.05) is 31.2 Å². The number of hydrogen-bond donors (Lipinski definition) is 1. The molecule has 5 rings (SSSR count). The van der Waals surface area contributed by atoms with Crippen LogP contribution in [-0.4, -0.2) is 43.1 Å². The normalized spacial score (nSPS) is 16.3. The van der Waals surface area contributed by atoms with Gasteiger partial charge in [0.2, 0.25) is 5.17 Å². The fourth-order valence-electron chi connectivity index (χ4n) is 3.57. The van der Waals surface area contributed by atoms with E-state index in [0.29, 0.717) is 27.3 Å². The van der Waals surface area contributed by atoms with Crippen molar-refractivity contribution < 1.29 is 14.5 Å². The number of thioether (sulfide) groups is 1. The molecule has 0 aliphatic carbocycles. The van der Waals surface area contributed by atoms with Gasteiger partial charge in [-0.05, 0) is 66.7 Å². The first-order valence-corrected chi connectivity index (χ1v) is 11.3. The maximum absolute atomic E-state index is 12.8. The van der Waals surface area contributed by atoms with Gasteiger partial charge in [0.05, 0.1) is 10.5 Å². The van der Waals surface area contributed by atoms with Crippen LogP contribution >= 0.6 is 11.8 Å². The lowest BCUT2D eigenvalue weighted by Crippen LogP contribution is -2.35. The Kier molecular flexibility index (Phi) is 5.75. The fraction of sp³-hybridized carbons (Fsp3) is 0.0833. The molecule has 1 aromatic heterocycles. The number of carbonyl (C=O) groups is 1. The highest BCUT2D eigenvalue weighted by atomic mass is 32.2. The summed E-state index contributed by atoms with van der Waals surface area (Å²) in [4.78, 5) is 27.3. The topological polar surface area (TPSA) is 126 Å². The molecule has 3 aromatic rings. The Morgan fingerprint density at radius 2 is 1.97 bits per heavy atom. The van der Waals surface area contributed by atoms with Gasteiger partial charge in [-0.25, -0.2) is 0 Å². The number of hydrogen-bond acceptors (Lipinski definition) is 7. The Labute approximate surface area is 203 Å². The van der Waals surface area contributed by atoms with Crippen LogP contribution in [0.1, 0.15) is 11.3 Å². The molecule has 2 aliphatic rings.